The van der Waals surface area contributed by atoms with Crippen LogP contribution in [0.1, 0.15) is 33.6 Å². The second kappa shape index (κ2) is 8.13. The number of aromatic nitrogens is 3. The van der Waals surface area contributed by atoms with E-state index in [9.17, 15) is 4.79 Å². The van der Waals surface area contributed by atoms with Gasteiger partial charge in [0.05, 0.1) is 19.3 Å². The van der Waals surface area contributed by atoms with Crippen molar-refractivity contribution < 1.29 is 9.53 Å². The van der Waals surface area contributed by atoms with Crippen LogP contribution in [0.3, 0.4) is 0 Å². The van der Waals surface area contributed by atoms with Crippen LogP contribution in [-0.2, 0) is 4.74 Å². The zero-order valence-corrected chi connectivity index (χ0v) is 14.6. The van der Waals surface area contributed by atoms with Gasteiger partial charge in [-0.1, -0.05) is 0 Å². The van der Waals surface area contributed by atoms with E-state index in [2.05, 4.69) is 25.2 Å². The lowest BCUT2D eigenvalue weighted by molar-refractivity contribution is 0.0162. The highest BCUT2D eigenvalue weighted by atomic mass is 16.5. The largest absolute Gasteiger partial charge is 0.379 e. The van der Waals surface area contributed by atoms with Crippen LogP contribution in [0.15, 0.2) is 30.6 Å². The number of morpholine rings is 1. The molecule has 2 aromatic heterocycles. The highest BCUT2D eigenvalue weighted by molar-refractivity contribution is 5.92. The maximum Gasteiger partial charge on any atom is 0.270 e. The minimum Gasteiger partial charge on any atom is -0.379 e. The Bertz CT molecular complexity index is 696. The van der Waals surface area contributed by atoms with E-state index >= 15 is 0 Å². The van der Waals surface area contributed by atoms with E-state index in [-0.39, 0.29) is 11.9 Å². The summed E-state index contributed by atoms with van der Waals surface area (Å²) in [5.74, 6) is 0.421. The van der Waals surface area contributed by atoms with Crippen molar-refractivity contribution in [3.05, 3.63) is 53.4 Å². The Labute approximate surface area is 147 Å². The molecule has 0 aliphatic carbocycles. The second-order valence-corrected chi connectivity index (χ2v) is 6.10. The molecule has 0 unspecified atom stereocenters. The van der Waals surface area contributed by atoms with Crippen molar-refractivity contribution in [1.82, 2.24) is 25.2 Å². The van der Waals surface area contributed by atoms with Crippen LogP contribution >= 0.6 is 0 Å². The van der Waals surface area contributed by atoms with Gasteiger partial charge in [0.2, 0.25) is 0 Å². The molecule has 132 valence electrons. The Hall–Kier alpha value is -2.38. The molecule has 3 heterocycles. The van der Waals surface area contributed by atoms with Gasteiger partial charge in [0.25, 0.3) is 5.91 Å². The number of aryl methyl sites for hydroxylation is 2. The van der Waals surface area contributed by atoms with Gasteiger partial charge in [-0.3, -0.25) is 14.7 Å². The highest BCUT2D eigenvalue weighted by Crippen LogP contribution is 2.20. The summed E-state index contributed by atoms with van der Waals surface area (Å²) >= 11 is 0. The molecule has 0 radical (unpaired) electrons. The first-order valence-corrected chi connectivity index (χ1v) is 8.45. The molecule has 1 N–H and O–H groups in total. The third-order valence-corrected chi connectivity index (χ3v) is 4.23. The van der Waals surface area contributed by atoms with Gasteiger partial charge < -0.3 is 10.1 Å². The fourth-order valence-corrected chi connectivity index (χ4v) is 3.05. The van der Waals surface area contributed by atoms with Crippen molar-refractivity contribution in [3.8, 4) is 0 Å². The summed E-state index contributed by atoms with van der Waals surface area (Å²) in [4.78, 5) is 27.4. The van der Waals surface area contributed by atoms with Crippen LogP contribution in [-0.4, -0.2) is 58.6 Å². The van der Waals surface area contributed by atoms with Crippen LogP contribution < -0.4 is 5.32 Å². The third kappa shape index (κ3) is 4.58. The van der Waals surface area contributed by atoms with Crippen LogP contribution in [0, 0.1) is 13.8 Å². The standard InChI is InChI=1S/C18H23N5O2/c1-13-11-16(22-14(2)21-13)18(24)20-12-17(15-3-5-19-6-4-15)23-7-9-25-10-8-23/h3-6,11,17H,7-10,12H2,1-2H3,(H,20,24)/t17-/m1/s1. The summed E-state index contributed by atoms with van der Waals surface area (Å²) in [5, 5.41) is 3.02. The summed E-state index contributed by atoms with van der Waals surface area (Å²) in [6.07, 6.45) is 3.56. The van der Waals surface area contributed by atoms with Crippen molar-refractivity contribution >= 4 is 5.91 Å². The molecule has 7 heteroatoms. The van der Waals surface area contributed by atoms with E-state index in [1.165, 1.54) is 0 Å². The molecular weight excluding hydrogens is 318 g/mol. The molecule has 1 atom stereocenters. The molecule has 0 aromatic carbocycles. The lowest BCUT2D eigenvalue weighted by Crippen LogP contribution is -2.44. The van der Waals surface area contributed by atoms with Gasteiger partial charge in [-0.2, -0.15) is 0 Å². The molecule has 1 fully saturated rings. The van der Waals surface area contributed by atoms with E-state index < -0.39 is 0 Å². The van der Waals surface area contributed by atoms with Crippen molar-refractivity contribution in [2.75, 3.05) is 32.8 Å². The topological polar surface area (TPSA) is 80.2 Å². The van der Waals surface area contributed by atoms with Crippen molar-refractivity contribution in [3.63, 3.8) is 0 Å². The number of carbonyl (C=O) groups is 1. The van der Waals surface area contributed by atoms with E-state index in [0.29, 0.717) is 31.3 Å². The summed E-state index contributed by atoms with van der Waals surface area (Å²) in [6.45, 7) is 7.25. The summed E-state index contributed by atoms with van der Waals surface area (Å²) in [5.41, 5.74) is 2.32. The number of nitrogens with zero attached hydrogens (tertiary/aromatic N) is 4. The molecule has 1 aliphatic rings. The van der Waals surface area contributed by atoms with Crippen LogP contribution in [0.4, 0.5) is 0 Å². The number of pyridine rings is 1. The van der Waals surface area contributed by atoms with Crippen molar-refractivity contribution in [2.45, 2.75) is 19.9 Å². The molecule has 1 aliphatic heterocycles. The maximum absolute atomic E-state index is 12.5. The third-order valence-electron chi connectivity index (χ3n) is 4.23. The predicted molar refractivity (Wildman–Crippen MR) is 93.2 cm³/mol. The van der Waals surface area contributed by atoms with Gasteiger partial charge >= 0.3 is 0 Å². The number of amides is 1. The average Bonchev–Trinajstić information content (AvgIpc) is 2.63. The molecular formula is C18H23N5O2. The first-order chi connectivity index (χ1) is 12.1. The number of hydrogen-bond acceptors (Lipinski definition) is 6. The number of nitrogens with one attached hydrogen (secondary N) is 1. The zero-order chi connectivity index (χ0) is 17.6. The normalized spacial score (nSPS) is 16.4. The average molecular weight is 341 g/mol. The first kappa shape index (κ1) is 17.4. The summed E-state index contributed by atoms with van der Waals surface area (Å²) in [7, 11) is 0. The van der Waals surface area contributed by atoms with E-state index in [1.54, 1.807) is 25.4 Å². The number of hydrogen-bond donors (Lipinski definition) is 1. The minimum atomic E-state index is -0.180. The molecule has 25 heavy (non-hydrogen) atoms. The number of ether oxygens (including phenoxy) is 1. The highest BCUT2D eigenvalue weighted by Gasteiger charge is 2.23. The van der Waals surface area contributed by atoms with E-state index in [1.807, 2.05) is 19.1 Å². The molecule has 0 spiro atoms. The number of carbonyl (C=O) groups excluding carboxylic acids is 1. The summed E-state index contributed by atoms with van der Waals surface area (Å²) in [6, 6.07) is 5.77. The molecule has 7 nitrogen and oxygen atoms in total. The number of rotatable bonds is 5. The predicted octanol–water partition coefficient (Wildman–Crippen LogP) is 1.29. The van der Waals surface area contributed by atoms with Gasteiger partial charge in [-0.25, -0.2) is 9.97 Å². The van der Waals surface area contributed by atoms with Crippen LogP contribution in [0.5, 0.6) is 0 Å². The maximum atomic E-state index is 12.5. The Morgan fingerprint density at radius 3 is 2.64 bits per heavy atom. The molecule has 1 saturated heterocycles. The van der Waals surface area contributed by atoms with Crippen molar-refractivity contribution in [2.24, 2.45) is 0 Å². The zero-order valence-electron chi connectivity index (χ0n) is 14.6. The quantitative estimate of drug-likeness (QED) is 0.883. The molecule has 0 saturated carbocycles. The van der Waals surface area contributed by atoms with Gasteiger partial charge in [-0.15, -0.1) is 0 Å². The van der Waals surface area contributed by atoms with Crippen LogP contribution in [0.25, 0.3) is 0 Å². The van der Waals surface area contributed by atoms with Gasteiger partial charge in [-0.05, 0) is 37.6 Å². The molecule has 2 aromatic rings. The Morgan fingerprint density at radius 2 is 1.96 bits per heavy atom. The monoisotopic (exact) mass is 341 g/mol. The van der Waals surface area contributed by atoms with Crippen molar-refractivity contribution in [1.29, 1.82) is 0 Å². The smallest absolute Gasteiger partial charge is 0.270 e. The fourth-order valence-electron chi connectivity index (χ4n) is 3.05. The van der Waals surface area contributed by atoms with E-state index in [0.717, 1.165) is 24.3 Å². The summed E-state index contributed by atoms with van der Waals surface area (Å²) < 4.78 is 5.45. The van der Waals surface area contributed by atoms with Gasteiger partial charge in [0.15, 0.2) is 0 Å². The molecule has 1 amide bonds. The second-order valence-electron chi connectivity index (χ2n) is 6.10. The van der Waals surface area contributed by atoms with Gasteiger partial charge in [0, 0.05) is 37.7 Å². The Morgan fingerprint density at radius 1 is 1.24 bits per heavy atom. The van der Waals surface area contributed by atoms with E-state index in [4.69, 9.17) is 4.74 Å². The van der Waals surface area contributed by atoms with Crippen LogP contribution in [0.2, 0.25) is 0 Å². The SMILES string of the molecule is Cc1cc(C(=O)NC[C@H](c2ccncc2)N2CCOCC2)nc(C)n1. The minimum absolute atomic E-state index is 0.0832. The molecule has 3 rings (SSSR count). The van der Waals surface area contributed by atoms with Gasteiger partial charge in [0.1, 0.15) is 11.5 Å². The molecule has 0 bridgehead atoms. The lowest BCUT2D eigenvalue weighted by Gasteiger charge is -2.34. The fraction of sp³-hybridized carbons (Fsp3) is 0.444. The Balaban J connectivity index is 1.72. The lowest BCUT2D eigenvalue weighted by atomic mass is 10.1. The first-order valence-electron chi connectivity index (χ1n) is 8.45. The Kier molecular flexibility index (Phi) is 5.67.